The summed E-state index contributed by atoms with van der Waals surface area (Å²) in [7, 11) is 0. The molecule has 4 rings (SSSR count). The third-order valence-electron chi connectivity index (χ3n) is 8.40. The van der Waals surface area contributed by atoms with Crippen LogP contribution in [0.25, 0.3) is 0 Å². The summed E-state index contributed by atoms with van der Waals surface area (Å²) in [5, 5.41) is 20.0. The van der Waals surface area contributed by atoms with Gasteiger partial charge in [-0.05, 0) is 58.2 Å². The van der Waals surface area contributed by atoms with Crippen LogP contribution in [-0.2, 0) is 53.1 Å². The molecular formula is C42H56N4O7. The zero-order valence-electron chi connectivity index (χ0n) is 31.9. The van der Waals surface area contributed by atoms with E-state index >= 15 is 0 Å². The minimum atomic E-state index is -0.698. The number of hydrogen-bond donors (Lipinski definition) is 3. The minimum absolute atomic E-state index is 0.127. The van der Waals surface area contributed by atoms with Crippen LogP contribution in [0.4, 0.5) is 0 Å². The van der Waals surface area contributed by atoms with E-state index in [1.807, 2.05) is 133 Å². The minimum Gasteiger partial charge on any atom is -0.459 e. The van der Waals surface area contributed by atoms with Crippen LogP contribution in [0.1, 0.15) is 64.7 Å². The molecule has 1 aliphatic rings. The number of benzene rings is 3. The normalized spacial score (nSPS) is 21.8. The van der Waals surface area contributed by atoms with E-state index in [1.165, 1.54) is 0 Å². The zero-order valence-corrected chi connectivity index (χ0v) is 31.9. The van der Waals surface area contributed by atoms with E-state index in [9.17, 15) is 14.9 Å². The van der Waals surface area contributed by atoms with Gasteiger partial charge in [-0.25, -0.2) is 0 Å². The van der Waals surface area contributed by atoms with Crippen molar-refractivity contribution in [2.75, 3.05) is 19.6 Å². The van der Waals surface area contributed by atoms with Gasteiger partial charge in [-0.3, -0.25) is 20.2 Å². The van der Waals surface area contributed by atoms with E-state index in [0.717, 1.165) is 16.7 Å². The van der Waals surface area contributed by atoms with Gasteiger partial charge in [-0.15, -0.1) is 0 Å². The van der Waals surface area contributed by atoms with Crippen molar-refractivity contribution in [2.24, 2.45) is 0 Å². The van der Waals surface area contributed by atoms with E-state index in [2.05, 4.69) is 22.0 Å². The third-order valence-corrected chi connectivity index (χ3v) is 8.40. The molecule has 0 amide bonds. The molecule has 11 heteroatoms. The first-order valence-electron chi connectivity index (χ1n) is 18.3. The summed E-state index contributed by atoms with van der Waals surface area (Å²) >= 11 is 0. The Morgan fingerprint density at radius 2 is 0.887 bits per heavy atom. The summed E-state index contributed by atoms with van der Waals surface area (Å²) < 4.78 is 31.9. The molecule has 0 aromatic heterocycles. The van der Waals surface area contributed by atoms with Crippen LogP contribution in [0.15, 0.2) is 91.0 Å². The molecule has 1 saturated carbocycles. The second kappa shape index (κ2) is 20.3. The fourth-order valence-electron chi connectivity index (χ4n) is 6.30. The Balaban J connectivity index is 1.80. The average Bonchev–Trinajstić information content (AvgIpc) is 3.11. The van der Waals surface area contributed by atoms with Gasteiger partial charge in [0, 0.05) is 13.0 Å². The molecule has 1 fully saturated rings. The van der Waals surface area contributed by atoms with Crippen LogP contribution in [-0.4, -0.2) is 79.2 Å². The van der Waals surface area contributed by atoms with E-state index in [-0.39, 0.29) is 39.3 Å². The van der Waals surface area contributed by atoms with Gasteiger partial charge in [0.05, 0.1) is 75.4 Å². The lowest BCUT2D eigenvalue weighted by Crippen LogP contribution is -2.75. The first-order valence-corrected chi connectivity index (χ1v) is 18.3. The van der Waals surface area contributed by atoms with Crippen molar-refractivity contribution >= 4 is 11.9 Å². The van der Waals surface area contributed by atoms with Crippen molar-refractivity contribution in [1.82, 2.24) is 16.0 Å². The molecule has 6 atom stereocenters. The summed E-state index contributed by atoms with van der Waals surface area (Å²) in [5.74, 6) is -0.869. The molecule has 0 aliphatic heterocycles. The Morgan fingerprint density at radius 1 is 0.566 bits per heavy atom. The number of carbonyl (C=O) groups excluding carboxylic acids is 2. The average molecular weight is 729 g/mol. The van der Waals surface area contributed by atoms with Crippen LogP contribution < -0.4 is 16.0 Å². The van der Waals surface area contributed by atoms with Crippen LogP contribution in [0.2, 0.25) is 0 Å². The number of nitrogens with one attached hydrogen (secondary N) is 3. The third kappa shape index (κ3) is 14.3. The Bertz CT molecular complexity index is 1480. The van der Waals surface area contributed by atoms with E-state index < -0.39 is 59.6 Å². The number of nitrogens with zero attached hydrogens (tertiary/aromatic N) is 1. The highest BCUT2D eigenvalue weighted by atomic mass is 16.6. The van der Waals surface area contributed by atoms with Crippen molar-refractivity contribution < 1.29 is 33.3 Å². The van der Waals surface area contributed by atoms with Crippen LogP contribution in [0, 0.1) is 11.3 Å². The molecule has 286 valence electrons. The highest BCUT2D eigenvalue weighted by Gasteiger charge is 2.53. The Kier molecular flexibility index (Phi) is 16.0. The van der Waals surface area contributed by atoms with Gasteiger partial charge in [0.15, 0.2) is 0 Å². The summed E-state index contributed by atoms with van der Waals surface area (Å²) in [6.07, 6.45) is -1.74. The van der Waals surface area contributed by atoms with Crippen molar-refractivity contribution in [2.45, 2.75) is 115 Å². The van der Waals surface area contributed by atoms with Crippen molar-refractivity contribution in [3.63, 3.8) is 0 Å². The maximum absolute atomic E-state index is 13.2. The van der Waals surface area contributed by atoms with E-state index in [0.29, 0.717) is 6.54 Å². The van der Waals surface area contributed by atoms with Gasteiger partial charge < -0.3 is 29.0 Å². The number of carbonyl (C=O) groups is 2. The van der Waals surface area contributed by atoms with Crippen molar-refractivity contribution in [1.29, 1.82) is 5.26 Å². The standard InChI is InChI=1S/C42H56N4O7/c1-41(2,3)52-33(47)25-45-36-38(49-27-30-17-10-7-11-18-30)35(44-24-16-23-43)39(50-28-31-19-12-8-13-20-31)37(46-26-34(48)53-42(4,5)6)40(36)51-29-32-21-14-9-15-22-32/h7-15,17-22,35-40,44-46H,16,24-29H2,1-6H3/t35-,36+,37-,38+,39-,40+. The summed E-state index contributed by atoms with van der Waals surface area (Å²) in [5.41, 5.74) is 1.49. The summed E-state index contributed by atoms with van der Waals surface area (Å²) in [4.78, 5) is 26.4. The highest BCUT2D eigenvalue weighted by molar-refractivity contribution is 5.72. The molecule has 0 spiro atoms. The largest absolute Gasteiger partial charge is 0.459 e. The van der Waals surface area contributed by atoms with Crippen LogP contribution in [0.3, 0.4) is 0 Å². The van der Waals surface area contributed by atoms with Crippen molar-refractivity contribution in [3.8, 4) is 6.07 Å². The fourth-order valence-corrected chi connectivity index (χ4v) is 6.30. The fraction of sp³-hybridized carbons (Fsp3) is 0.500. The first-order chi connectivity index (χ1) is 25.3. The lowest BCUT2D eigenvalue weighted by Gasteiger charge is -2.51. The quantitative estimate of drug-likeness (QED) is 0.117. The van der Waals surface area contributed by atoms with Gasteiger partial charge in [0.25, 0.3) is 0 Å². The number of esters is 2. The Hall–Kier alpha value is -4.15. The van der Waals surface area contributed by atoms with Gasteiger partial charge in [-0.1, -0.05) is 91.0 Å². The Labute approximate surface area is 314 Å². The molecule has 0 saturated heterocycles. The second-order valence-electron chi connectivity index (χ2n) is 15.2. The highest BCUT2D eigenvalue weighted by Crippen LogP contribution is 2.31. The van der Waals surface area contributed by atoms with Gasteiger partial charge in [0.1, 0.15) is 11.2 Å². The summed E-state index contributed by atoms with van der Waals surface area (Å²) in [6.45, 7) is 11.8. The van der Waals surface area contributed by atoms with Gasteiger partial charge in [-0.2, -0.15) is 5.26 Å². The van der Waals surface area contributed by atoms with Crippen molar-refractivity contribution in [3.05, 3.63) is 108 Å². The number of ether oxygens (including phenoxy) is 5. The first kappa shape index (κ1) is 41.6. The predicted molar refractivity (Wildman–Crippen MR) is 202 cm³/mol. The maximum Gasteiger partial charge on any atom is 0.320 e. The molecule has 0 bridgehead atoms. The van der Waals surface area contributed by atoms with Gasteiger partial charge in [0.2, 0.25) is 0 Å². The van der Waals surface area contributed by atoms with E-state index in [1.54, 1.807) is 0 Å². The number of hydrogen-bond acceptors (Lipinski definition) is 11. The second-order valence-corrected chi connectivity index (χ2v) is 15.2. The monoisotopic (exact) mass is 728 g/mol. The molecule has 53 heavy (non-hydrogen) atoms. The Morgan fingerprint density at radius 3 is 1.19 bits per heavy atom. The molecule has 3 aromatic carbocycles. The molecule has 11 nitrogen and oxygen atoms in total. The molecule has 1 aliphatic carbocycles. The van der Waals surface area contributed by atoms with Gasteiger partial charge >= 0.3 is 11.9 Å². The lowest BCUT2D eigenvalue weighted by atomic mass is 9.78. The maximum atomic E-state index is 13.2. The number of nitriles is 1. The molecule has 3 N–H and O–H groups in total. The topological polar surface area (TPSA) is 140 Å². The summed E-state index contributed by atoms with van der Waals surface area (Å²) in [6, 6.07) is 29.9. The molecular weight excluding hydrogens is 672 g/mol. The molecule has 0 heterocycles. The molecule has 0 radical (unpaired) electrons. The van der Waals surface area contributed by atoms with E-state index in [4.69, 9.17) is 23.7 Å². The zero-order chi connectivity index (χ0) is 38.3. The smallest absolute Gasteiger partial charge is 0.320 e. The number of rotatable bonds is 18. The van der Waals surface area contributed by atoms with Crippen LogP contribution in [0.5, 0.6) is 0 Å². The SMILES string of the molecule is CC(C)(C)OC(=O)CN[C@@H]1[C@H](OCc2ccccc2)[C@H](NCC(=O)OC(C)(C)C)[C@H](OCc2ccccc2)[C@H](NCCC#N)[C@@H]1OCc1ccccc1. The lowest BCUT2D eigenvalue weighted by molar-refractivity contribution is -0.170. The predicted octanol–water partition coefficient (Wildman–Crippen LogP) is 5.23. The molecule has 0 unspecified atom stereocenters. The van der Waals surface area contributed by atoms with Crippen LogP contribution >= 0.6 is 0 Å². The molecule has 3 aromatic rings.